The highest BCUT2D eigenvalue weighted by molar-refractivity contribution is 8.00. The number of H-pyrrole nitrogens is 1. The fourth-order valence-electron chi connectivity index (χ4n) is 2.66. The lowest BCUT2D eigenvalue weighted by Crippen LogP contribution is -2.30. The molecule has 1 amide bonds. The Labute approximate surface area is 173 Å². The molecule has 0 fully saturated rings. The molecule has 3 rings (SSSR count). The number of rotatable bonds is 6. The molecule has 1 unspecified atom stereocenters. The molecule has 30 heavy (non-hydrogen) atoms. The minimum Gasteiger partial charge on any atom is -0.344 e. The fraction of sp³-hybridized carbons (Fsp3) is 0.211. The molecule has 1 aromatic carbocycles. The molecule has 0 aliphatic rings. The summed E-state index contributed by atoms with van der Waals surface area (Å²) < 4.78 is 37.4. The van der Waals surface area contributed by atoms with Crippen LogP contribution >= 0.6 is 11.8 Å². The number of nitrogens with one attached hydrogen (secondary N) is 2. The smallest absolute Gasteiger partial charge is 0.344 e. The van der Waals surface area contributed by atoms with Crippen LogP contribution in [0.15, 0.2) is 58.5 Å². The first-order valence-corrected chi connectivity index (χ1v) is 9.62. The van der Waals surface area contributed by atoms with E-state index in [4.69, 9.17) is 0 Å². The van der Waals surface area contributed by atoms with E-state index in [1.807, 2.05) is 6.92 Å². The zero-order chi connectivity index (χ0) is 21.7. The minimum atomic E-state index is -4.37. The third kappa shape index (κ3) is 5.66. The van der Waals surface area contributed by atoms with Gasteiger partial charge in [-0.25, -0.2) is 15.0 Å². The predicted molar refractivity (Wildman–Crippen MR) is 105 cm³/mol. The molecule has 0 saturated heterocycles. The summed E-state index contributed by atoms with van der Waals surface area (Å²) in [5.74, 6) is -0.386. The zero-order valence-corrected chi connectivity index (χ0v) is 16.4. The SMILES string of the molecule is CCC(NC(=O)c1cc(=O)[nH]c(-c2ncccn2)n1)c1ccc(SC(F)(F)F)cc1. The van der Waals surface area contributed by atoms with E-state index in [1.54, 1.807) is 6.07 Å². The highest BCUT2D eigenvalue weighted by atomic mass is 32.2. The van der Waals surface area contributed by atoms with E-state index in [9.17, 15) is 22.8 Å². The van der Waals surface area contributed by atoms with Crippen LogP contribution in [-0.4, -0.2) is 31.4 Å². The summed E-state index contributed by atoms with van der Waals surface area (Å²) >= 11 is -0.207. The average Bonchev–Trinajstić information content (AvgIpc) is 2.71. The van der Waals surface area contributed by atoms with Crippen molar-refractivity contribution in [3.8, 4) is 11.6 Å². The van der Waals surface area contributed by atoms with Crippen LogP contribution in [0.5, 0.6) is 0 Å². The molecule has 7 nitrogen and oxygen atoms in total. The molecule has 0 spiro atoms. The lowest BCUT2D eigenvalue weighted by atomic mass is 10.0. The molecular weight excluding hydrogens is 419 g/mol. The number of hydrogen-bond donors (Lipinski definition) is 2. The molecule has 11 heteroatoms. The molecule has 0 aliphatic heterocycles. The van der Waals surface area contributed by atoms with Crippen molar-refractivity contribution < 1.29 is 18.0 Å². The van der Waals surface area contributed by atoms with Crippen molar-refractivity contribution in [2.24, 2.45) is 0 Å². The second-order valence-corrected chi connectivity index (χ2v) is 7.24. The van der Waals surface area contributed by atoms with Crippen LogP contribution in [0, 0.1) is 0 Å². The second kappa shape index (κ2) is 9.08. The monoisotopic (exact) mass is 435 g/mol. The van der Waals surface area contributed by atoms with E-state index in [0.717, 1.165) is 6.07 Å². The van der Waals surface area contributed by atoms with Gasteiger partial charge >= 0.3 is 5.51 Å². The Bertz CT molecular complexity index is 1070. The van der Waals surface area contributed by atoms with E-state index in [-0.39, 0.29) is 34.0 Å². The van der Waals surface area contributed by atoms with Gasteiger partial charge in [-0.15, -0.1) is 0 Å². The van der Waals surface area contributed by atoms with Gasteiger partial charge in [-0.05, 0) is 41.9 Å². The normalized spacial score (nSPS) is 12.4. The van der Waals surface area contributed by atoms with E-state index in [2.05, 4.69) is 25.3 Å². The van der Waals surface area contributed by atoms with Crippen LogP contribution in [-0.2, 0) is 0 Å². The maximum Gasteiger partial charge on any atom is 0.446 e. The first kappa shape index (κ1) is 21.5. The van der Waals surface area contributed by atoms with Crippen molar-refractivity contribution in [2.45, 2.75) is 29.8 Å². The number of alkyl halides is 3. The summed E-state index contributed by atoms with van der Waals surface area (Å²) in [6.07, 6.45) is 3.43. The average molecular weight is 435 g/mol. The van der Waals surface area contributed by atoms with Crippen LogP contribution in [0.3, 0.4) is 0 Å². The Hall–Kier alpha value is -3.21. The lowest BCUT2D eigenvalue weighted by Gasteiger charge is -2.18. The summed E-state index contributed by atoms with van der Waals surface area (Å²) in [6.45, 7) is 1.82. The van der Waals surface area contributed by atoms with Gasteiger partial charge in [-0.2, -0.15) is 13.2 Å². The van der Waals surface area contributed by atoms with Gasteiger partial charge in [0.05, 0.1) is 6.04 Å². The van der Waals surface area contributed by atoms with Gasteiger partial charge in [0.25, 0.3) is 11.5 Å². The van der Waals surface area contributed by atoms with Crippen molar-refractivity contribution in [1.29, 1.82) is 0 Å². The van der Waals surface area contributed by atoms with Gasteiger partial charge in [0.2, 0.25) is 0 Å². The maximum atomic E-state index is 12.7. The molecular formula is C19H16F3N5O2S. The number of carbonyl (C=O) groups excluding carboxylic acids is 1. The quantitative estimate of drug-likeness (QED) is 0.573. The molecule has 0 aliphatic carbocycles. The zero-order valence-electron chi connectivity index (χ0n) is 15.6. The second-order valence-electron chi connectivity index (χ2n) is 6.10. The molecule has 0 bridgehead atoms. The van der Waals surface area contributed by atoms with E-state index in [1.165, 1.54) is 36.7 Å². The van der Waals surface area contributed by atoms with Crippen LogP contribution in [0.2, 0.25) is 0 Å². The number of amides is 1. The van der Waals surface area contributed by atoms with Gasteiger partial charge in [-0.3, -0.25) is 9.59 Å². The van der Waals surface area contributed by atoms with Crippen molar-refractivity contribution in [3.63, 3.8) is 0 Å². The lowest BCUT2D eigenvalue weighted by molar-refractivity contribution is -0.0328. The van der Waals surface area contributed by atoms with E-state index in [0.29, 0.717) is 12.0 Å². The number of carbonyl (C=O) groups is 1. The van der Waals surface area contributed by atoms with E-state index >= 15 is 0 Å². The van der Waals surface area contributed by atoms with Crippen LogP contribution in [0.1, 0.15) is 35.4 Å². The number of halogens is 3. The van der Waals surface area contributed by atoms with Crippen molar-refractivity contribution in [2.75, 3.05) is 0 Å². The van der Waals surface area contributed by atoms with Gasteiger partial charge in [-0.1, -0.05) is 19.1 Å². The summed E-state index contributed by atoms with van der Waals surface area (Å²) in [4.78, 5) is 39.2. The Morgan fingerprint density at radius 2 is 1.87 bits per heavy atom. The Morgan fingerprint density at radius 3 is 2.47 bits per heavy atom. The maximum absolute atomic E-state index is 12.7. The van der Waals surface area contributed by atoms with Gasteiger partial charge in [0.15, 0.2) is 11.6 Å². The predicted octanol–water partition coefficient (Wildman–Crippen LogP) is 3.72. The van der Waals surface area contributed by atoms with Crippen LogP contribution in [0.25, 0.3) is 11.6 Å². The van der Waals surface area contributed by atoms with Crippen LogP contribution < -0.4 is 10.9 Å². The minimum absolute atomic E-state index is 0.0508. The Kier molecular flexibility index (Phi) is 6.50. The van der Waals surface area contributed by atoms with E-state index < -0.39 is 23.0 Å². The number of benzene rings is 1. The third-order valence-electron chi connectivity index (χ3n) is 3.98. The third-order valence-corrected chi connectivity index (χ3v) is 4.72. The summed E-state index contributed by atoms with van der Waals surface area (Å²) in [6, 6.07) is 7.92. The van der Waals surface area contributed by atoms with Crippen molar-refractivity contribution >= 4 is 17.7 Å². The number of aromatic amines is 1. The number of hydrogen-bond acceptors (Lipinski definition) is 6. The molecule has 156 valence electrons. The summed E-state index contributed by atoms with van der Waals surface area (Å²) in [5.41, 5.74) is -4.40. The Morgan fingerprint density at radius 1 is 1.20 bits per heavy atom. The van der Waals surface area contributed by atoms with Gasteiger partial charge in [0, 0.05) is 23.4 Å². The summed E-state index contributed by atoms with van der Waals surface area (Å²) in [5, 5.41) is 2.75. The first-order valence-electron chi connectivity index (χ1n) is 8.80. The largest absolute Gasteiger partial charge is 0.446 e. The molecule has 2 N–H and O–H groups in total. The van der Waals surface area contributed by atoms with Gasteiger partial charge < -0.3 is 10.3 Å². The molecule has 0 saturated carbocycles. The summed E-state index contributed by atoms with van der Waals surface area (Å²) in [7, 11) is 0. The topological polar surface area (TPSA) is 101 Å². The van der Waals surface area contributed by atoms with Crippen molar-refractivity contribution in [1.82, 2.24) is 25.3 Å². The molecule has 3 aromatic rings. The molecule has 1 atom stereocenters. The molecule has 2 aromatic heterocycles. The number of aromatic nitrogens is 4. The van der Waals surface area contributed by atoms with Crippen LogP contribution in [0.4, 0.5) is 13.2 Å². The van der Waals surface area contributed by atoms with Crippen molar-refractivity contribution in [3.05, 3.63) is 70.4 Å². The Balaban J connectivity index is 1.79. The van der Waals surface area contributed by atoms with Gasteiger partial charge in [0.1, 0.15) is 5.69 Å². The number of nitrogens with zero attached hydrogens (tertiary/aromatic N) is 3. The molecule has 2 heterocycles. The highest BCUT2D eigenvalue weighted by Gasteiger charge is 2.29. The number of thioether (sulfide) groups is 1. The fourth-order valence-corrected chi connectivity index (χ4v) is 3.20. The molecule has 0 radical (unpaired) electrons. The standard InChI is InChI=1S/C19H16F3N5O2S/c1-2-13(11-4-6-12(7-5-11)30-19(20,21)22)26-18(29)14-10-15(28)27-17(25-14)16-23-8-3-9-24-16/h3-10,13H,2H2,1H3,(H,26,29)(H,25,27,28). The highest BCUT2D eigenvalue weighted by Crippen LogP contribution is 2.37. The first-order chi connectivity index (χ1) is 14.2.